The fourth-order valence-electron chi connectivity index (χ4n) is 6.44. The predicted molar refractivity (Wildman–Crippen MR) is 161 cm³/mol. The summed E-state index contributed by atoms with van der Waals surface area (Å²) in [7, 11) is 3.43. The third-order valence-electron chi connectivity index (χ3n) is 8.85. The second kappa shape index (κ2) is 10.1. The van der Waals surface area contributed by atoms with E-state index in [0.717, 1.165) is 60.8 Å². The van der Waals surface area contributed by atoms with Gasteiger partial charge < -0.3 is 29.6 Å². The molecule has 1 amide bonds. The molecule has 7 rings (SSSR count). The van der Waals surface area contributed by atoms with Crippen LogP contribution < -0.4 is 15.4 Å². The van der Waals surface area contributed by atoms with Crippen molar-refractivity contribution in [3.63, 3.8) is 0 Å². The van der Waals surface area contributed by atoms with Gasteiger partial charge in [-0.3, -0.25) is 4.79 Å². The molecule has 0 bridgehead atoms. The van der Waals surface area contributed by atoms with Gasteiger partial charge in [0.2, 0.25) is 0 Å². The maximum absolute atomic E-state index is 13.4. The standard InChI is InChI=1S/C32H38N6O3/c1-20-30(34-38-17-24(12-29(41-3)31(20)38)32(39)35-10-4-5-25(33)18-35)28-11-23-8-9-26(36-14-22(15-36)19-40-2)13-27(23)37(28)16-21-6-7-21/h5,8-9,11-13,17,21-22H,4,6-7,10,14-16,18-19,33H2,1-3H3. The van der Waals surface area contributed by atoms with E-state index in [-0.39, 0.29) is 5.91 Å². The Morgan fingerprint density at radius 2 is 1.95 bits per heavy atom. The van der Waals surface area contributed by atoms with Crippen molar-refractivity contribution in [2.45, 2.75) is 32.7 Å². The Morgan fingerprint density at radius 1 is 1.12 bits per heavy atom. The van der Waals surface area contributed by atoms with Gasteiger partial charge in [0.1, 0.15) is 17.0 Å². The zero-order chi connectivity index (χ0) is 28.2. The molecule has 5 heterocycles. The van der Waals surface area contributed by atoms with Crippen LogP contribution in [0.2, 0.25) is 0 Å². The van der Waals surface area contributed by atoms with Crippen molar-refractivity contribution in [2.24, 2.45) is 17.6 Å². The number of fused-ring (bicyclic) bond motifs is 2. The second-order valence-electron chi connectivity index (χ2n) is 11.9. The Kier molecular flexibility index (Phi) is 6.42. The average Bonchev–Trinajstić information content (AvgIpc) is 3.63. The monoisotopic (exact) mass is 554 g/mol. The summed E-state index contributed by atoms with van der Waals surface area (Å²) >= 11 is 0. The Morgan fingerprint density at radius 3 is 2.68 bits per heavy atom. The highest BCUT2D eigenvalue weighted by atomic mass is 16.5. The van der Waals surface area contributed by atoms with Gasteiger partial charge in [0, 0.05) is 67.7 Å². The fourth-order valence-corrected chi connectivity index (χ4v) is 6.44. The molecule has 214 valence electrons. The zero-order valence-corrected chi connectivity index (χ0v) is 24.1. The maximum atomic E-state index is 13.4. The van der Waals surface area contributed by atoms with Gasteiger partial charge >= 0.3 is 0 Å². The van der Waals surface area contributed by atoms with Crippen LogP contribution >= 0.6 is 0 Å². The smallest absolute Gasteiger partial charge is 0.255 e. The first-order valence-corrected chi connectivity index (χ1v) is 14.6. The lowest BCUT2D eigenvalue weighted by Crippen LogP contribution is -2.48. The van der Waals surface area contributed by atoms with Crippen molar-refractivity contribution in [3.8, 4) is 17.1 Å². The molecule has 4 aromatic rings. The lowest BCUT2D eigenvalue weighted by Gasteiger charge is -2.40. The van der Waals surface area contributed by atoms with Gasteiger partial charge in [0.15, 0.2) is 0 Å². The Labute approximate surface area is 240 Å². The lowest BCUT2D eigenvalue weighted by molar-refractivity contribution is 0.0764. The molecular weight excluding hydrogens is 516 g/mol. The number of anilines is 1. The number of hydrogen-bond donors (Lipinski definition) is 1. The highest BCUT2D eigenvalue weighted by Crippen LogP contribution is 2.40. The number of aryl methyl sites for hydroxylation is 1. The summed E-state index contributed by atoms with van der Waals surface area (Å²) in [6, 6.07) is 10.9. The molecule has 0 radical (unpaired) electrons. The molecule has 3 aromatic heterocycles. The second-order valence-corrected chi connectivity index (χ2v) is 11.9. The minimum atomic E-state index is -0.0648. The van der Waals surface area contributed by atoms with Crippen LogP contribution in [0.1, 0.15) is 35.2 Å². The van der Waals surface area contributed by atoms with E-state index in [1.807, 2.05) is 22.9 Å². The number of benzene rings is 1. The first-order chi connectivity index (χ1) is 19.9. The molecule has 0 unspecified atom stereocenters. The predicted octanol–water partition coefficient (Wildman–Crippen LogP) is 4.45. The number of nitrogens with zero attached hydrogens (tertiary/aromatic N) is 5. The molecule has 1 aliphatic carbocycles. The largest absolute Gasteiger partial charge is 0.494 e. The van der Waals surface area contributed by atoms with Crippen molar-refractivity contribution < 1.29 is 14.3 Å². The summed E-state index contributed by atoms with van der Waals surface area (Å²) in [5.74, 6) is 1.87. The molecular formula is C32H38N6O3. The Balaban J connectivity index is 1.29. The number of rotatable bonds is 8. The molecule has 1 saturated heterocycles. The molecule has 41 heavy (non-hydrogen) atoms. The summed E-state index contributed by atoms with van der Waals surface area (Å²) in [6.45, 7) is 7.04. The fraction of sp³-hybridized carbons (Fsp3) is 0.438. The number of pyridine rings is 1. The molecule has 2 N–H and O–H groups in total. The number of methoxy groups -OCH3 is 2. The summed E-state index contributed by atoms with van der Waals surface area (Å²) in [5.41, 5.74) is 13.7. The highest BCUT2D eigenvalue weighted by Gasteiger charge is 2.29. The third kappa shape index (κ3) is 4.62. The molecule has 2 fully saturated rings. The van der Waals surface area contributed by atoms with Gasteiger partial charge in [-0.15, -0.1) is 0 Å². The van der Waals surface area contributed by atoms with E-state index in [2.05, 4.69) is 40.7 Å². The van der Waals surface area contributed by atoms with Gasteiger partial charge in [-0.1, -0.05) is 12.1 Å². The summed E-state index contributed by atoms with van der Waals surface area (Å²) in [4.78, 5) is 17.6. The van der Waals surface area contributed by atoms with Crippen molar-refractivity contribution in [1.29, 1.82) is 0 Å². The minimum Gasteiger partial charge on any atom is -0.494 e. The molecule has 3 aliphatic rings. The normalized spacial score (nSPS) is 17.8. The van der Waals surface area contributed by atoms with Gasteiger partial charge in [-0.25, -0.2) is 4.52 Å². The third-order valence-corrected chi connectivity index (χ3v) is 8.85. The number of aromatic nitrogens is 3. The van der Waals surface area contributed by atoms with E-state index in [0.29, 0.717) is 36.2 Å². The van der Waals surface area contributed by atoms with E-state index in [1.54, 1.807) is 19.1 Å². The first-order valence-electron chi connectivity index (χ1n) is 14.6. The summed E-state index contributed by atoms with van der Waals surface area (Å²) < 4.78 is 15.4. The van der Waals surface area contributed by atoms with Crippen LogP contribution in [0.3, 0.4) is 0 Å². The summed E-state index contributed by atoms with van der Waals surface area (Å²) in [6.07, 6.45) is 7.12. The van der Waals surface area contributed by atoms with Crippen LogP contribution in [-0.2, 0) is 11.3 Å². The van der Waals surface area contributed by atoms with E-state index in [9.17, 15) is 4.79 Å². The zero-order valence-electron chi connectivity index (χ0n) is 24.1. The first kappa shape index (κ1) is 26.0. The number of carbonyl (C=O) groups excluding carboxylic acids is 1. The van der Waals surface area contributed by atoms with E-state index in [1.165, 1.54) is 29.4 Å². The number of hydrogen-bond acceptors (Lipinski definition) is 6. The SMILES string of the molecule is COCC1CN(c2ccc3cc(-c4nn5cc(C(=O)N6CCC=C(N)C6)cc(OC)c5c4C)n(CC4CC4)c3c2)C1. The average molecular weight is 555 g/mol. The molecule has 1 saturated carbocycles. The van der Waals surface area contributed by atoms with E-state index < -0.39 is 0 Å². The summed E-state index contributed by atoms with van der Waals surface area (Å²) in [5, 5.41) is 6.29. The minimum absolute atomic E-state index is 0.0648. The van der Waals surface area contributed by atoms with Crippen molar-refractivity contribution in [3.05, 3.63) is 59.4 Å². The Hall–Kier alpha value is -3.98. The van der Waals surface area contributed by atoms with Crippen LogP contribution in [0.5, 0.6) is 5.75 Å². The Bertz CT molecular complexity index is 1670. The number of nitrogens with two attached hydrogens (primary N) is 1. The number of carbonyl (C=O) groups is 1. The molecule has 9 heteroatoms. The van der Waals surface area contributed by atoms with Crippen LogP contribution in [-0.4, -0.2) is 72.0 Å². The van der Waals surface area contributed by atoms with Gasteiger partial charge in [0.05, 0.1) is 37.0 Å². The molecule has 9 nitrogen and oxygen atoms in total. The molecule has 0 atom stereocenters. The van der Waals surface area contributed by atoms with Crippen LogP contribution in [0.15, 0.2) is 48.3 Å². The van der Waals surface area contributed by atoms with Gasteiger partial charge in [-0.2, -0.15) is 5.10 Å². The van der Waals surface area contributed by atoms with Crippen molar-refractivity contribution in [1.82, 2.24) is 19.1 Å². The van der Waals surface area contributed by atoms with Crippen LogP contribution in [0, 0.1) is 18.8 Å². The number of amides is 1. The highest BCUT2D eigenvalue weighted by molar-refractivity contribution is 5.96. The molecule has 2 aliphatic heterocycles. The quantitative estimate of drug-likeness (QED) is 0.346. The maximum Gasteiger partial charge on any atom is 0.255 e. The van der Waals surface area contributed by atoms with Gasteiger partial charge in [-0.05, 0) is 56.4 Å². The molecule has 1 aromatic carbocycles. The van der Waals surface area contributed by atoms with Crippen LogP contribution in [0.25, 0.3) is 27.8 Å². The van der Waals surface area contributed by atoms with Gasteiger partial charge in [0.25, 0.3) is 5.91 Å². The van der Waals surface area contributed by atoms with E-state index >= 15 is 0 Å². The lowest BCUT2D eigenvalue weighted by atomic mass is 10.00. The number of ether oxygens (including phenoxy) is 2. The van der Waals surface area contributed by atoms with E-state index in [4.69, 9.17) is 20.3 Å². The van der Waals surface area contributed by atoms with Crippen molar-refractivity contribution in [2.75, 3.05) is 51.9 Å². The topological polar surface area (TPSA) is 90.3 Å². The van der Waals surface area contributed by atoms with Crippen molar-refractivity contribution >= 4 is 28.0 Å². The van der Waals surface area contributed by atoms with Crippen LogP contribution in [0.4, 0.5) is 5.69 Å². The molecule has 0 spiro atoms.